The van der Waals surface area contributed by atoms with Gasteiger partial charge < -0.3 is 17.6 Å². The second-order valence-electron chi connectivity index (χ2n) is 2.00. The number of hydrogen-bond donors (Lipinski definition) is 1. The van der Waals surface area contributed by atoms with E-state index in [0.717, 1.165) is 0 Å². The lowest BCUT2D eigenvalue weighted by atomic mass is 10.7. The number of hydrogen-bond acceptors (Lipinski definition) is 3. The van der Waals surface area contributed by atoms with E-state index >= 15 is 0 Å². The molecular weight excluding hydrogens is 168 g/mol. The lowest BCUT2D eigenvalue weighted by Gasteiger charge is -1.78. The molecule has 1 aromatic rings. The summed E-state index contributed by atoms with van der Waals surface area (Å²) >= 11 is 0. The van der Waals surface area contributed by atoms with Crippen LogP contribution < -0.4 is 17.1 Å². The zero-order valence-electron chi connectivity index (χ0n) is 6.27. The van der Waals surface area contributed by atoms with Crippen molar-refractivity contribution >= 4 is 6.21 Å². The molecule has 0 radical (unpaired) electrons. The lowest BCUT2D eigenvalue weighted by molar-refractivity contribution is -0.728. The van der Waals surface area contributed by atoms with Gasteiger partial charge in [0, 0.05) is 0 Å². The fourth-order valence-electron chi connectivity index (χ4n) is 0.736. The average molecular weight is 177 g/mol. The van der Waals surface area contributed by atoms with Crippen molar-refractivity contribution < 1.29 is 22.3 Å². The van der Waals surface area contributed by atoms with Gasteiger partial charge >= 0.3 is 0 Å². The molecule has 0 aliphatic heterocycles. The van der Waals surface area contributed by atoms with Crippen LogP contribution in [-0.4, -0.2) is 21.1 Å². The first kappa shape index (κ1) is 9.90. The number of halogens is 1. The molecule has 1 heterocycles. The van der Waals surface area contributed by atoms with E-state index in [2.05, 4.69) is 10.3 Å². The molecule has 0 amide bonds. The van der Waals surface area contributed by atoms with Crippen LogP contribution in [0.1, 0.15) is 5.82 Å². The van der Waals surface area contributed by atoms with Crippen LogP contribution >= 0.6 is 0 Å². The van der Waals surface area contributed by atoms with Crippen molar-refractivity contribution in [3.63, 3.8) is 0 Å². The van der Waals surface area contributed by atoms with E-state index in [-0.39, 0.29) is 12.4 Å². The molecule has 62 valence electrons. The minimum absolute atomic E-state index is 0. The third kappa shape index (κ3) is 2.19. The topological polar surface area (TPSA) is 54.3 Å². The fraction of sp³-hybridized carbons (Fsp3) is 0.400. The van der Waals surface area contributed by atoms with E-state index < -0.39 is 0 Å². The summed E-state index contributed by atoms with van der Waals surface area (Å²) in [5.41, 5.74) is 0. The summed E-state index contributed by atoms with van der Waals surface area (Å²) in [5, 5.41) is 15.0. The molecule has 1 rings (SSSR count). The van der Waals surface area contributed by atoms with Crippen LogP contribution in [0, 0.1) is 0 Å². The summed E-state index contributed by atoms with van der Waals surface area (Å²) in [5.74, 6) is 0.616. The van der Waals surface area contributed by atoms with E-state index in [1.54, 1.807) is 22.6 Å². The van der Waals surface area contributed by atoms with Crippen LogP contribution in [0.3, 0.4) is 0 Å². The van der Waals surface area contributed by atoms with Crippen molar-refractivity contribution in [2.24, 2.45) is 19.3 Å². The molecule has 6 heteroatoms. The largest absolute Gasteiger partial charge is 1.00 e. The first-order valence-electron chi connectivity index (χ1n) is 2.80. The van der Waals surface area contributed by atoms with Gasteiger partial charge in [0.2, 0.25) is 0 Å². The molecule has 0 fully saturated rings. The van der Waals surface area contributed by atoms with Crippen molar-refractivity contribution in [2.45, 2.75) is 0 Å². The molecule has 11 heavy (non-hydrogen) atoms. The molecule has 0 atom stereocenters. The highest BCUT2D eigenvalue weighted by Gasteiger charge is 2.05. The van der Waals surface area contributed by atoms with E-state index in [1.807, 2.05) is 7.05 Å². The molecule has 0 bridgehead atoms. The van der Waals surface area contributed by atoms with Gasteiger partial charge in [-0.3, -0.25) is 0 Å². The predicted octanol–water partition coefficient (Wildman–Crippen LogP) is -3.94. The average Bonchev–Trinajstić information content (AvgIpc) is 2.13. The summed E-state index contributed by atoms with van der Waals surface area (Å²) in [6, 6.07) is 0. The van der Waals surface area contributed by atoms with Gasteiger partial charge in [-0.25, -0.2) is 4.57 Å². The van der Waals surface area contributed by atoms with E-state index in [0.29, 0.717) is 5.82 Å². The van der Waals surface area contributed by atoms with Crippen molar-refractivity contribution in [3.8, 4) is 0 Å². The van der Waals surface area contributed by atoms with Crippen molar-refractivity contribution in [3.05, 3.63) is 12.2 Å². The summed E-state index contributed by atoms with van der Waals surface area (Å²) in [6.07, 6.45) is 3.05. The molecule has 0 saturated heterocycles. The fourth-order valence-corrected chi connectivity index (χ4v) is 0.736. The van der Waals surface area contributed by atoms with Crippen LogP contribution in [0.5, 0.6) is 0 Å². The van der Waals surface area contributed by atoms with E-state index in [4.69, 9.17) is 5.21 Å². The molecule has 1 N–H and O–H groups in total. The highest BCUT2D eigenvalue weighted by Crippen LogP contribution is 1.82. The maximum atomic E-state index is 8.16. The highest BCUT2D eigenvalue weighted by molar-refractivity contribution is 5.73. The first-order chi connectivity index (χ1) is 4.74. The molecule has 0 saturated carbocycles. The molecule has 0 aliphatic rings. The molecular formula is C5H9ClN4O. The number of aryl methyl sites for hydroxylation is 2. The second-order valence-corrected chi connectivity index (χ2v) is 2.00. The monoisotopic (exact) mass is 176 g/mol. The van der Waals surface area contributed by atoms with E-state index in [9.17, 15) is 0 Å². The van der Waals surface area contributed by atoms with Crippen molar-refractivity contribution in [1.29, 1.82) is 0 Å². The number of oxime groups is 1. The van der Waals surface area contributed by atoms with Crippen molar-refractivity contribution in [1.82, 2.24) is 9.67 Å². The third-order valence-electron chi connectivity index (χ3n) is 1.14. The summed E-state index contributed by atoms with van der Waals surface area (Å²) in [6.45, 7) is 0. The molecule has 0 spiro atoms. The molecule has 0 aliphatic carbocycles. The molecule has 5 nitrogen and oxygen atoms in total. The van der Waals surface area contributed by atoms with Crippen LogP contribution in [-0.2, 0) is 14.1 Å². The van der Waals surface area contributed by atoms with Crippen LogP contribution in [0.25, 0.3) is 0 Å². The Morgan fingerprint density at radius 1 is 1.82 bits per heavy atom. The van der Waals surface area contributed by atoms with Gasteiger partial charge in [0.25, 0.3) is 12.2 Å². The summed E-state index contributed by atoms with van der Waals surface area (Å²) in [4.78, 5) is 0. The maximum absolute atomic E-state index is 8.16. The standard InChI is InChI=1S/C5H8N4O.ClH/c1-8-4-9(2)7-5(8)3-6-10;/h3-4H,1-2H3;1H. The Bertz CT molecular complexity index is 257. The molecule has 0 unspecified atom stereocenters. The smallest absolute Gasteiger partial charge is 0.281 e. The first-order valence-corrected chi connectivity index (χ1v) is 2.80. The number of rotatable bonds is 1. The zero-order valence-corrected chi connectivity index (χ0v) is 7.02. The predicted molar refractivity (Wildman–Crippen MR) is 33.8 cm³/mol. The van der Waals surface area contributed by atoms with Crippen LogP contribution in [0.15, 0.2) is 11.5 Å². The van der Waals surface area contributed by atoms with Crippen LogP contribution in [0.4, 0.5) is 0 Å². The minimum Gasteiger partial charge on any atom is -1.00 e. The Hall–Kier alpha value is -1.10. The minimum atomic E-state index is 0. The Balaban J connectivity index is 0.000001000. The summed E-state index contributed by atoms with van der Waals surface area (Å²) in [7, 11) is 3.62. The summed E-state index contributed by atoms with van der Waals surface area (Å²) < 4.78 is 3.39. The van der Waals surface area contributed by atoms with Gasteiger partial charge in [-0.05, 0) is 5.10 Å². The Kier molecular flexibility index (Phi) is 3.53. The Labute approximate surface area is 70.4 Å². The normalized spacial score (nSPS) is 10.0. The van der Waals surface area contributed by atoms with Gasteiger partial charge in [0.05, 0.1) is 7.05 Å². The van der Waals surface area contributed by atoms with E-state index in [1.165, 1.54) is 6.21 Å². The lowest BCUT2D eigenvalue weighted by Crippen LogP contribution is -3.00. The van der Waals surface area contributed by atoms with Gasteiger partial charge in [-0.2, -0.15) is 0 Å². The number of aromatic nitrogens is 3. The Morgan fingerprint density at radius 3 is 2.82 bits per heavy atom. The molecule has 0 aromatic carbocycles. The van der Waals surface area contributed by atoms with Crippen LogP contribution in [0.2, 0.25) is 0 Å². The van der Waals surface area contributed by atoms with Gasteiger partial charge in [-0.1, -0.05) is 5.16 Å². The molecule has 1 aromatic heterocycles. The highest BCUT2D eigenvalue weighted by atomic mass is 35.5. The Morgan fingerprint density at radius 2 is 2.45 bits per heavy atom. The third-order valence-corrected chi connectivity index (χ3v) is 1.14. The zero-order chi connectivity index (χ0) is 7.56. The van der Waals surface area contributed by atoms with Gasteiger partial charge in [-0.15, -0.1) is 4.68 Å². The quantitative estimate of drug-likeness (QED) is 0.206. The van der Waals surface area contributed by atoms with Gasteiger partial charge in [0.1, 0.15) is 13.3 Å². The number of nitrogens with zero attached hydrogens (tertiary/aromatic N) is 4. The van der Waals surface area contributed by atoms with Crippen molar-refractivity contribution in [2.75, 3.05) is 0 Å². The maximum Gasteiger partial charge on any atom is 0.281 e. The SMILES string of the molecule is Cn1c[n+](C)nc1C=NO.[Cl-]. The second kappa shape index (κ2) is 3.92. The van der Waals surface area contributed by atoms with Gasteiger partial charge in [0.15, 0.2) is 0 Å².